The Morgan fingerprint density at radius 2 is 1.81 bits per heavy atom. The monoisotopic (exact) mass is 288 g/mol. The molecular formula is C15H16N2O4. The van der Waals surface area contributed by atoms with Crippen molar-refractivity contribution in [3.63, 3.8) is 0 Å². The van der Waals surface area contributed by atoms with Crippen LogP contribution in [0.15, 0.2) is 18.2 Å². The molecule has 1 aromatic rings. The number of esters is 1. The Kier molecular flexibility index (Phi) is 5.57. The van der Waals surface area contributed by atoms with E-state index >= 15 is 0 Å². The highest BCUT2D eigenvalue weighted by atomic mass is 16.5. The largest absolute Gasteiger partial charge is 0.493 e. The Morgan fingerprint density at radius 3 is 2.29 bits per heavy atom. The van der Waals surface area contributed by atoms with Crippen molar-refractivity contribution in [3.8, 4) is 23.6 Å². The van der Waals surface area contributed by atoms with Crippen molar-refractivity contribution in [1.29, 1.82) is 10.5 Å². The third-order valence-corrected chi connectivity index (χ3v) is 2.97. The smallest absolute Gasteiger partial charge is 0.308 e. The molecule has 0 radical (unpaired) electrons. The molecule has 0 aliphatic carbocycles. The van der Waals surface area contributed by atoms with Gasteiger partial charge in [0.25, 0.3) is 0 Å². The first-order valence-corrected chi connectivity index (χ1v) is 6.27. The summed E-state index contributed by atoms with van der Waals surface area (Å²) >= 11 is 0. The number of rotatable bonds is 6. The van der Waals surface area contributed by atoms with Crippen LogP contribution in [0.25, 0.3) is 0 Å². The van der Waals surface area contributed by atoms with Crippen LogP contribution in [0.5, 0.6) is 11.5 Å². The fourth-order valence-corrected chi connectivity index (χ4v) is 1.87. The molecule has 0 aliphatic rings. The highest BCUT2D eigenvalue weighted by molar-refractivity contribution is 5.74. The lowest BCUT2D eigenvalue weighted by Gasteiger charge is -2.19. The summed E-state index contributed by atoms with van der Waals surface area (Å²) in [7, 11) is 2.94. The van der Waals surface area contributed by atoms with E-state index in [1.807, 2.05) is 12.1 Å². The van der Waals surface area contributed by atoms with E-state index in [1.54, 1.807) is 19.1 Å². The number of ether oxygens (including phenoxy) is 3. The molecule has 21 heavy (non-hydrogen) atoms. The lowest BCUT2D eigenvalue weighted by atomic mass is 9.80. The number of hydrogen-bond acceptors (Lipinski definition) is 6. The summed E-state index contributed by atoms with van der Waals surface area (Å²) in [6, 6.07) is 8.47. The molecule has 0 spiro atoms. The van der Waals surface area contributed by atoms with Gasteiger partial charge in [0.2, 0.25) is 0 Å². The minimum Gasteiger partial charge on any atom is -0.493 e. The maximum absolute atomic E-state index is 11.6. The van der Waals surface area contributed by atoms with Crippen LogP contribution in [0.2, 0.25) is 0 Å². The van der Waals surface area contributed by atoms with Gasteiger partial charge in [-0.2, -0.15) is 10.5 Å². The summed E-state index contributed by atoms with van der Waals surface area (Å²) < 4.78 is 15.1. The van der Waals surface area contributed by atoms with Crippen LogP contribution in [0.1, 0.15) is 18.9 Å². The van der Waals surface area contributed by atoms with E-state index in [9.17, 15) is 15.3 Å². The Morgan fingerprint density at radius 1 is 1.19 bits per heavy atom. The lowest BCUT2D eigenvalue weighted by molar-refractivity contribution is -0.143. The van der Waals surface area contributed by atoms with Gasteiger partial charge in [-0.15, -0.1) is 0 Å². The zero-order valence-electron chi connectivity index (χ0n) is 12.2. The second-order valence-electron chi connectivity index (χ2n) is 4.18. The molecule has 0 amide bonds. The molecule has 0 aliphatic heterocycles. The van der Waals surface area contributed by atoms with E-state index in [0.717, 1.165) is 0 Å². The van der Waals surface area contributed by atoms with Crippen molar-refractivity contribution in [2.24, 2.45) is 0 Å². The first-order chi connectivity index (χ1) is 10.1. The second-order valence-corrected chi connectivity index (χ2v) is 4.18. The molecule has 110 valence electrons. The van der Waals surface area contributed by atoms with Crippen LogP contribution in [0.4, 0.5) is 0 Å². The predicted octanol–water partition coefficient (Wildman–Crippen LogP) is 1.94. The van der Waals surface area contributed by atoms with Crippen molar-refractivity contribution < 1.29 is 19.0 Å². The molecule has 6 heteroatoms. The minimum absolute atomic E-state index is 0.192. The highest BCUT2D eigenvalue weighted by Gasteiger charge is 2.37. The molecule has 0 heterocycles. The molecule has 6 nitrogen and oxygen atoms in total. The van der Waals surface area contributed by atoms with Crippen LogP contribution < -0.4 is 9.47 Å². The van der Waals surface area contributed by atoms with Crippen LogP contribution in [-0.2, 0) is 14.9 Å². The summed E-state index contributed by atoms with van der Waals surface area (Å²) in [5.74, 6) is 0.256. The Labute approximate surface area is 123 Å². The number of carbonyl (C=O) groups is 1. The van der Waals surface area contributed by atoms with Gasteiger partial charge < -0.3 is 14.2 Å². The van der Waals surface area contributed by atoms with Crippen molar-refractivity contribution in [2.75, 3.05) is 20.8 Å². The van der Waals surface area contributed by atoms with Gasteiger partial charge in [-0.1, -0.05) is 6.07 Å². The van der Waals surface area contributed by atoms with Gasteiger partial charge in [0, 0.05) is 0 Å². The number of nitriles is 2. The van der Waals surface area contributed by atoms with Crippen LogP contribution in [-0.4, -0.2) is 26.8 Å². The van der Waals surface area contributed by atoms with Gasteiger partial charge in [0.05, 0.1) is 39.4 Å². The van der Waals surface area contributed by atoms with Crippen molar-refractivity contribution in [2.45, 2.75) is 18.8 Å². The van der Waals surface area contributed by atoms with Crippen molar-refractivity contribution in [3.05, 3.63) is 23.8 Å². The topological polar surface area (TPSA) is 92.3 Å². The van der Waals surface area contributed by atoms with Gasteiger partial charge in [-0.3, -0.25) is 4.79 Å². The summed E-state index contributed by atoms with van der Waals surface area (Å²) in [6.45, 7) is 1.85. The number of hydrogen-bond donors (Lipinski definition) is 0. The summed E-state index contributed by atoms with van der Waals surface area (Å²) in [5, 5.41) is 18.8. The molecule has 0 bridgehead atoms. The molecule has 0 atom stereocenters. The van der Waals surface area contributed by atoms with Crippen LogP contribution in [0, 0.1) is 22.7 Å². The quantitative estimate of drug-likeness (QED) is 0.743. The van der Waals surface area contributed by atoms with Gasteiger partial charge >= 0.3 is 5.97 Å². The summed E-state index contributed by atoms with van der Waals surface area (Å²) in [6.07, 6.45) is -0.344. The zero-order valence-corrected chi connectivity index (χ0v) is 12.2. The molecule has 0 aromatic heterocycles. The van der Waals surface area contributed by atoms with E-state index in [-0.39, 0.29) is 13.0 Å². The average molecular weight is 288 g/mol. The molecule has 0 N–H and O–H groups in total. The number of methoxy groups -OCH3 is 2. The maximum atomic E-state index is 11.6. The molecule has 0 fully saturated rings. The van der Waals surface area contributed by atoms with Gasteiger partial charge in [-0.25, -0.2) is 0 Å². The lowest BCUT2D eigenvalue weighted by Crippen LogP contribution is -2.27. The van der Waals surface area contributed by atoms with Crippen LogP contribution in [0.3, 0.4) is 0 Å². The average Bonchev–Trinajstić information content (AvgIpc) is 2.52. The molecule has 0 saturated heterocycles. The van der Waals surface area contributed by atoms with E-state index in [4.69, 9.17) is 14.2 Å². The maximum Gasteiger partial charge on any atom is 0.308 e. The van der Waals surface area contributed by atoms with Crippen molar-refractivity contribution >= 4 is 5.97 Å². The highest BCUT2D eigenvalue weighted by Crippen LogP contribution is 2.35. The number of benzene rings is 1. The fraction of sp³-hybridized carbons (Fsp3) is 0.400. The summed E-state index contributed by atoms with van der Waals surface area (Å²) in [4.78, 5) is 11.6. The third-order valence-electron chi connectivity index (χ3n) is 2.97. The van der Waals surface area contributed by atoms with Gasteiger partial charge in [-0.05, 0) is 24.6 Å². The van der Waals surface area contributed by atoms with E-state index in [0.29, 0.717) is 17.1 Å². The van der Waals surface area contributed by atoms with E-state index < -0.39 is 11.4 Å². The van der Waals surface area contributed by atoms with E-state index in [2.05, 4.69) is 0 Å². The molecule has 0 unspecified atom stereocenters. The van der Waals surface area contributed by atoms with Crippen LogP contribution >= 0.6 is 0 Å². The standard InChI is InChI=1S/C15H16N2O4/c1-4-21-14(18)8-15(9-16,10-17)11-5-6-12(19-2)13(7-11)20-3/h5-7H,4,8H2,1-3H3. The number of nitrogens with zero attached hydrogens (tertiary/aromatic N) is 2. The number of carbonyl (C=O) groups excluding carboxylic acids is 1. The van der Waals surface area contributed by atoms with Gasteiger partial charge in [0.15, 0.2) is 16.9 Å². The Hall–Kier alpha value is -2.73. The molecular weight excluding hydrogens is 272 g/mol. The minimum atomic E-state index is -1.62. The Balaban J connectivity index is 3.26. The third kappa shape index (κ3) is 3.43. The fourth-order valence-electron chi connectivity index (χ4n) is 1.87. The van der Waals surface area contributed by atoms with Crippen molar-refractivity contribution in [1.82, 2.24) is 0 Å². The molecule has 1 aromatic carbocycles. The first-order valence-electron chi connectivity index (χ1n) is 6.27. The summed E-state index contributed by atoms with van der Waals surface area (Å²) in [5.41, 5.74) is -1.26. The van der Waals surface area contributed by atoms with E-state index in [1.165, 1.54) is 20.3 Å². The first kappa shape index (κ1) is 16.3. The SMILES string of the molecule is CCOC(=O)CC(C#N)(C#N)c1ccc(OC)c(OC)c1. The van der Waals surface area contributed by atoms with Gasteiger partial charge in [0.1, 0.15) is 0 Å². The second kappa shape index (κ2) is 7.16. The molecule has 0 saturated carbocycles. The normalized spacial score (nSPS) is 10.1. The predicted molar refractivity (Wildman–Crippen MR) is 73.7 cm³/mol. The zero-order chi connectivity index (χ0) is 15.9. The Bertz CT molecular complexity index is 585. The molecule has 1 rings (SSSR count).